The second-order valence-corrected chi connectivity index (χ2v) is 11.7. The van der Waals surface area contributed by atoms with Crippen LogP contribution in [0, 0.1) is 20.8 Å². The number of aliphatic imine (C=N–C) groups is 1. The van der Waals surface area contributed by atoms with E-state index in [-0.39, 0.29) is 17.9 Å². The molecule has 1 unspecified atom stereocenters. The largest absolute Gasteiger partial charge is 0.350 e. The molecule has 2 aliphatic heterocycles. The lowest BCUT2D eigenvalue weighted by molar-refractivity contribution is -0.125. The van der Waals surface area contributed by atoms with Crippen molar-refractivity contribution in [1.29, 1.82) is 0 Å². The Bertz CT molecular complexity index is 1410. The molecule has 5 rings (SSSR count). The molecule has 39 heavy (non-hydrogen) atoms. The standard InChI is InChI=1S/C31H35N5O2S/c1-20-14-22(3)27(23(4)15-20)35-28(37)26-18-32-30(39-26)31(16-21(2)17-33-31)29(38)34-25-10-12-36(13-11-25)19-24-8-6-5-7-9-24/h5-9,14-18,25H,10-13,19H2,1-4H3,(H,34,38)(H,35,37). The van der Waals surface area contributed by atoms with Gasteiger partial charge in [-0.15, -0.1) is 11.3 Å². The molecule has 3 heterocycles. The number of carbonyl (C=O) groups is 2. The Kier molecular flexibility index (Phi) is 7.77. The van der Waals surface area contributed by atoms with E-state index in [9.17, 15) is 9.59 Å². The minimum absolute atomic E-state index is 0.0705. The average molecular weight is 542 g/mol. The Morgan fingerprint density at radius 2 is 1.74 bits per heavy atom. The molecule has 0 saturated carbocycles. The summed E-state index contributed by atoms with van der Waals surface area (Å²) in [6, 6.07) is 14.6. The van der Waals surface area contributed by atoms with E-state index >= 15 is 0 Å². The number of hydrogen-bond acceptors (Lipinski definition) is 6. The Balaban J connectivity index is 1.27. The van der Waals surface area contributed by atoms with Crippen molar-refractivity contribution < 1.29 is 9.59 Å². The van der Waals surface area contributed by atoms with Crippen molar-refractivity contribution in [3.63, 3.8) is 0 Å². The summed E-state index contributed by atoms with van der Waals surface area (Å²) in [7, 11) is 0. The molecule has 2 amide bonds. The summed E-state index contributed by atoms with van der Waals surface area (Å²) in [6.45, 7) is 10.7. The number of allylic oxidation sites excluding steroid dienone is 1. The molecule has 2 aromatic carbocycles. The predicted octanol–water partition coefficient (Wildman–Crippen LogP) is 5.33. The van der Waals surface area contributed by atoms with Crippen LogP contribution >= 0.6 is 11.3 Å². The van der Waals surface area contributed by atoms with Gasteiger partial charge in [-0.05, 0) is 68.9 Å². The van der Waals surface area contributed by atoms with Crippen LogP contribution in [0.1, 0.15) is 56.7 Å². The van der Waals surface area contributed by atoms with E-state index in [0.29, 0.717) is 9.88 Å². The Hall–Kier alpha value is -3.62. The van der Waals surface area contributed by atoms with Crippen molar-refractivity contribution in [3.05, 3.63) is 92.4 Å². The number of nitrogens with zero attached hydrogens (tertiary/aromatic N) is 3. The third-order valence-corrected chi connectivity index (χ3v) is 8.52. The number of hydrogen-bond donors (Lipinski definition) is 2. The van der Waals surface area contributed by atoms with Crippen LogP contribution in [-0.4, -0.2) is 47.0 Å². The Morgan fingerprint density at radius 1 is 1.05 bits per heavy atom. The number of aryl methyl sites for hydroxylation is 3. The maximum atomic E-state index is 13.7. The van der Waals surface area contributed by atoms with Gasteiger partial charge in [0, 0.05) is 37.6 Å². The van der Waals surface area contributed by atoms with Gasteiger partial charge in [-0.3, -0.25) is 19.5 Å². The van der Waals surface area contributed by atoms with Gasteiger partial charge in [-0.1, -0.05) is 48.0 Å². The first-order valence-corrected chi connectivity index (χ1v) is 14.2. The van der Waals surface area contributed by atoms with Crippen molar-refractivity contribution in [1.82, 2.24) is 15.2 Å². The van der Waals surface area contributed by atoms with Crippen LogP contribution in [0.15, 0.2) is 65.3 Å². The van der Waals surface area contributed by atoms with Crippen LogP contribution in [0.3, 0.4) is 0 Å². The number of likely N-dealkylation sites (tertiary alicyclic amines) is 1. The summed E-state index contributed by atoms with van der Waals surface area (Å²) in [4.78, 5) is 38.9. The van der Waals surface area contributed by atoms with Gasteiger partial charge in [0.15, 0.2) is 0 Å². The Labute approximate surface area is 234 Å². The normalized spacial score (nSPS) is 19.6. The minimum Gasteiger partial charge on any atom is -0.350 e. The highest BCUT2D eigenvalue weighted by molar-refractivity contribution is 7.14. The summed E-state index contributed by atoms with van der Waals surface area (Å²) in [5.41, 5.74) is 4.93. The smallest absolute Gasteiger partial charge is 0.267 e. The van der Waals surface area contributed by atoms with Gasteiger partial charge in [0.2, 0.25) is 5.54 Å². The first-order valence-electron chi connectivity index (χ1n) is 13.4. The number of thiazole rings is 1. The summed E-state index contributed by atoms with van der Waals surface area (Å²) in [5, 5.41) is 6.78. The van der Waals surface area contributed by atoms with Crippen LogP contribution in [0.25, 0.3) is 0 Å². The fourth-order valence-corrected chi connectivity index (χ4v) is 6.35. The lowest BCUT2D eigenvalue weighted by Crippen LogP contribution is -2.49. The second kappa shape index (κ2) is 11.2. The van der Waals surface area contributed by atoms with Crippen molar-refractivity contribution in [2.75, 3.05) is 18.4 Å². The third-order valence-electron chi connectivity index (χ3n) is 7.40. The van der Waals surface area contributed by atoms with Gasteiger partial charge in [0.1, 0.15) is 9.88 Å². The van der Waals surface area contributed by atoms with Crippen LogP contribution in [0.5, 0.6) is 0 Å². The highest BCUT2D eigenvalue weighted by atomic mass is 32.1. The van der Waals surface area contributed by atoms with Crippen LogP contribution in [-0.2, 0) is 16.9 Å². The SMILES string of the molecule is CC1=CC(C(=O)NC2CCN(Cc3ccccc3)CC2)(c2ncc(C(=O)Nc3c(C)cc(C)cc3C)s2)N=C1. The molecular formula is C31H35N5O2S. The maximum absolute atomic E-state index is 13.7. The molecule has 1 fully saturated rings. The van der Waals surface area contributed by atoms with Gasteiger partial charge >= 0.3 is 0 Å². The third kappa shape index (κ3) is 5.87. The molecule has 2 aliphatic rings. The number of amides is 2. The van der Waals surface area contributed by atoms with Crippen molar-refractivity contribution in [2.24, 2.45) is 4.99 Å². The van der Waals surface area contributed by atoms with Gasteiger partial charge < -0.3 is 10.6 Å². The molecule has 1 atom stereocenters. The summed E-state index contributed by atoms with van der Waals surface area (Å²) >= 11 is 1.21. The van der Waals surface area contributed by atoms with Crippen molar-refractivity contribution >= 4 is 35.1 Å². The molecule has 0 radical (unpaired) electrons. The monoisotopic (exact) mass is 541 g/mol. The quantitative estimate of drug-likeness (QED) is 0.424. The molecule has 202 valence electrons. The van der Waals surface area contributed by atoms with Crippen LogP contribution in [0.4, 0.5) is 5.69 Å². The van der Waals surface area contributed by atoms with Crippen LogP contribution in [0.2, 0.25) is 0 Å². The van der Waals surface area contributed by atoms with E-state index < -0.39 is 5.54 Å². The van der Waals surface area contributed by atoms with Gasteiger partial charge in [-0.2, -0.15) is 0 Å². The second-order valence-electron chi connectivity index (χ2n) is 10.7. The molecule has 1 saturated heterocycles. The first kappa shape index (κ1) is 27.0. The Morgan fingerprint density at radius 3 is 2.38 bits per heavy atom. The van der Waals surface area contributed by atoms with E-state index in [4.69, 9.17) is 0 Å². The number of piperidine rings is 1. The predicted molar refractivity (Wildman–Crippen MR) is 158 cm³/mol. The number of aromatic nitrogens is 1. The van der Waals surface area contributed by atoms with Crippen molar-refractivity contribution in [2.45, 2.75) is 58.7 Å². The molecule has 0 aliphatic carbocycles. The first-order chi connectivity index (χ1) is 18.7. The lowest BCUT2D eigenvalue weighted by atomic mass is 9.97. The molecule has 3 aromatic rings. The van der Waals surface area contributed by atoms with E-state index in [1.54, 1.807) is 12.4 Å². The highest BCUT2D eigenvalue weighted by Gasteiger charge is 2.44. The number of rotatable bonds is 7. The molecule has 1 aromatic heterocycles. The van der Waals surface area contributed by atoms with E-state index in [2.05, 4.69) is 49.8 Å². The highest BCUT2D eigenvalue weighted by Crippen LogP contribution is 2.36. The fourth-order valence-electron chi connectivity index (χ4n) is 5.43. The minimum atomic E-state index is -1.25. The fraction of sp³-hybridized carbons (Fsp3) is 0.355. The molecule has 0 bridgehead atoms. The van der Waals surface area contributed by atoms with Crippen molar-refractivity contribution in [3.8, 4) is 0 Å². The van der Waals surface area contributed by atoms with E-state index in [1.807, 2.05) is 52.0 Å². The van der Waals surface area contributed by atoms with Gasteiger partial charge in [0.25, 0.3) is 11.8 Å². The number of benzene rings is 2. The molecule has 0 spiro atoms. The van der Waals surface area contributed by atoms with E-state index in [1.165, 1.54) is 16.9 Å². The topological polar surface area (TPSA) is 86.7 Å². The lowest BCUT2D eigenvalue weighted by Gasteiger charge is -2.33. The number of carbonyl (C=O) groups excluding carboxylic acids is 2. The number of nitrogens with one attached hydrogen (secondary N) is 2. The van der Waals surface area contributed by atoms with Gasteiger partial charge in [0.05, 0.1) is 6.20 Å². The summed E-state index contributed by atoms with van der Waals surface area (Å²) < 4.78 is 0. The zero-order valence-corrected chi connectivity index (χ0v) is 23.8. The van der Waals surface area contributed by atoms with Crippen LogP contribution < -0.4 is 10.6 Å². The summed E-state index contributed by atoms with van der Waals surface area (Å²) in [6.07, 6.45) is 6.86. The summed E-state index contributed by atoms with van der Waals surface area (Å²) in [5.74, 6) is -0.429. The molecule has 7 nitrogen and oxygen atoms in total. The van der Waals surface area contributed by atoms with Gasteiger partial charge in [-0.25, -0.2) is 4.98 Å². The zero-order valence-electron chi connectivity index (χ0n) is 23.0. The molecule has 2 N–H and O–H groups in total. The van der Waals surface area contributed by atoms with E-state index in [0.717, 1.165) is 60.4 Å². The average Bonchev–Trinajstić information content (AvgIpc) is 3.56. The zero-order chi connectivity index (χ0) is 27.6. The molecular weight excluding hydrogens is 506 g/mol. The molecule has 8 heteroatoms. The maximum Gasteiger partial charge on any atom is 0.267 e. The number of anilines is 1.